The molecule has 0 atom stereocenters. The van der Waals surface area contributed by atoms with E-state index in [0.29, 0.717) is 11.3 Å². The lowest BCUT2D eigenvalue weighted by atomic mass is 10.1. The highest BCUT2D eigenvalue weighted by molar-refractivity contribution is 5.72. The minimum atomic E-state index is -1.05. The van der Waals surface area contributed by atoms with Crippen LogP contribution in [0, 0.1) is 17.0 Å². The topological polar surface area (TPSA) is 118 Å². The van der Waals surface area contributed by atoms with Gasteiger partial charge in [0.1, 0.15) is 11.4 Å². The van der Waals surface area contributed by atoms with E-state index in [0.717, 1.165) is 5.56 Å². The quantitative estimate of drug-likeness (QED) is 0.654. The van der Waals surface area contributed by atoms with Gasteiger partial charge in [0, 0.05) is 0 Å². The maximum atomic E-state index is 11.5. The van der Waals surface area contributed by atoms with E-state index in [4.69, 9.17) is 4.74 Å². The molecular weight excluding hydrogens is 290 g/mol. The summed E-state index contributed by atoms with van der Waals surface area (Å²) in [7, 11) is 1.54. The van der Waals surface area contributed by atoms with Crippen LogP contribution in [0.1, 0.15) is 16.8 Å². The number of nitrogens with one attached hydrogen (secondary N) is 2. The second-order valence-electron chi connectivity index (χ2n) is 4.49. The number of aryl methyl sites for hydroxylation is 1. The molecule has 0 amide bonds. The van der Waals surface area contributed by atoms with Gasteiger partial charge in [-0.15, -0.1) is 0 Å². The number of nitrogens with zero attached hydrogens (tertiary/aromatic N) is 1. The van der Waals surface area contributed by atoms with Gasteiger partial charge in [0.15, 0.2) is 0 Å². The zero-order chi connectivity index (χ0) is 16.3. The minimum absolute atomic E-state index is 0.168. The Hall–Kier alpha value is -3.16. The van der Waals surface area contributed by atoms with Gasteiger partial charge in [-0.3, -0.25) is 19.9 Å². The van der Waals surface area contributed by atoms with Crippen LogP contribution >= 0.6 is 0 Å². The Balaban J connectivity index is 2.49. The summed E-state index contributed by atoms with van der Waals surface area (Å²) >= 11 is 0. The van der Waals surface area contributed by atoms with E-state index in [1.165, 1.54) is 13.2 Å². The molecule has 0 saturated carbocycles. The van der Waals surface area contributed by atoms with Crippen molar-refractivity contribution in [3.8, 4) is 5.75 Å². The summed E-state index contributed by atoms with van der Waals surface area (Å²) in [4.78, 5) is 36.9. The monoisotopic (exact) mass is 303 g/mol. The van der Waals surface area contributed by atoms with Crippen molar-refractivity contribution in [2.45, 2.75) is 6.92 Å². The van der Waals surface area contributed by atoms with E-state index in [1.807, 2.05) is 18.0 Å². The first-order chi connectivity index (χ1) is 10.4. The number of aromatic amines is 2. The third kappa shape index (κ3) is 3.11. The molecule has 0 bridgehead atoms. The Morgan fingerprint density at radius 1 is 1.23 bits per heavy atom. The van der Waals surface area contributed by atoms with E-state index in [9.17, 15) is 19.7 Å². The van der Waals surface area contributed by atoms with Gasteiger partial charge < -0.3 is 9.72 Å². The highest BCUT2D eigenvalue weighted by Gasteiger charge is 2.18. The molecule has 2 rings (SSSR count). The summed E-state index contributed by atoms with van der Waals surface area (Å²) in [5.74, 6) is 0.663. The smallest absolute Gasteiger partial charge is 0.357 e. The van der Waals surface area contributed by atoms with Crippen molar-refractivity contribution < 1.29 is 9.66 Å². The Morgan fingerprint density at radius 3 is 2.59 bits per heavy atom. The minimum Gasteiger partial charge on any atom is -0.496 e. The van der Waals surface area contributed by atoms with Crippen LogP contribution in [0.15, 0.2) is 27.8 Å². The standard InChI is InChI=1S/C14H13N3O5/c1-8-3-4-9(7-11(8)22-2)5-6-10-12(17(20)21)13(18)16-14(19)15-10/h3-7H,1-2H3,(H2,15,16,18,19)/b6-5-. The molecule has 0 aliphatic heterocycles. The van der Waals surface area contributed by atoms with E-state index in [2.05, 4.69) is 4.98 Å². The molecule has 8 heteroatoms. The number of hydrogen-bond donors (Lipinski definition) is 2. The van der Waals surface area contributed by atoms with Crippen molar-refractivity contribution in [1.29, 1.82) is 0 Å². The highest BCUT2D eigenvalue weighted by atomic mass is 16.6. The highest BCUT2D eigenvalue weighted by Crippen LogP contribution is 2.21. The number of nitro groups is 1. The van der Waals surface area contributed by atoms with Crippen molar-refractivity contribution in [1.82, 2.24) is 9.97 Å². The largest absolute Gasteiger partial charge is 0.496 e. The number of rotatable bonds is 4. The second-order valence-corrected chi connectivity index (χ2v) is 4.49. The van der Waals surface area contributed by atoms with Crippen LogP contribution in [0.4, 0.5) is 5.69 Å². The molecule has 0 unspecified atom stereocenters. The molecular formula is C14H13N3O5. The zero-order valence-corrected chi connectivity index (χ0v) is 11.9. The number of methoxy groups -OCH3 is 1. The van der Waals surface area contributed by atoms with Gasteiger partial charge in [0.2, 0.25) is 0 Å². The maximum absolute atomic E-state index is 11.5. The number of ether oxygens (including phenoxy) is 1. The summed E-state index contributed by atoms with van der Waals surface area (Å²) < 4.78 is 5.18. The normalized spacial score (nSPS) is 10.8. The van der Waals surface area contributed by atoms with Crippen LogP contribution in [0.5, 0.6) is 5.75 Å². The second kappa shape index (κ2) is 6.08. The van der Waals surface area contributed by atoms with Crippen LogP contribution < -0.4 is 16.0 Å². The molecule has 0 spiro atoms. The number of hydrogen-bond acceptors (Lipinski definition) is 5. The lowest BCUT2D eigenvalue weighted by Gasteiger charge is -2.04. The summed E-state index contributed by atoms with van der Waals surface area (Å²) in [5, 5.41) is 10.9. The average Bonchev–Trinajstić information content (AvgIpc) is 2.45. The van der Waals surface area contributed by atoms with Crippen LogP contribution in [0.25, 0.3) is 12.2 Å². The number of aromatic nitrogens is 2. The SMILES string of the molecule is COc1cc(/C=C\c2[nH]c(=O)[nH]c(=O)c2[N+](=O)[O-])ccc1C. The predicted molar refractivity (Wildman–Crippen MR) is 81.0 cm³/mol. The van der Waals surface area contributed by atoms with Gasteiger partial charge in [-0.1, -0.05) is 18.2 Å². The molecule has 8 nitrogen and oxygen atoms in total. The van der Waals surface area contributed by atoms with Gasteiger partial charge >= 0.3 is 16.9 Å². The number of H-pyrrole nitrogens is 2. The molecule has 2 N–H and O–H groups in total. The first kappa shape index (κ1) is 15.2. The van der Waals surface area contributed by atoms with Crippen LogP contribution in [0.3, 0.4) is 0 Å². The molecule has 1 aromatic heterocycles. The maximum Gasteiger partial charge on any atom is 0.357 e. The Kier molecular flexibility index (Phi) is 4.21. The van der Waals surface area contributed by atoms with Crippen LogP contribution in [-0.4, -0.2) is 22.0 Å². The van der Waals surface area contributed by atoms with Gasteiger partial charge in [-0.25, -0.2) is 4.79 Å². The molecule has 0 radical (unpaired) electrons. The summed E-state index contributed by atoms with van der Waals surface area (Å²) in [5.41, 5.74) is -1.09. The molecule has 22 heavy (non-hydrogen) atoms. The average molecular weight is 303 g/mol. The summed E-state index contributed by atoms with van der Waals surface area (Å²) in [6.07, 6.45) is 2.85. The summed E-state index contributed by atoms with van der Waals surface area (Å²) in [6, 6.07) is 5.35. The fourth-order valence-electron chi connectivity index (χ4n) is 1.92. The van der Waals surface area contributed by atoms with Gasteiger partial charge in [-0.2, -0.15) is 0 Å². The fraction of sp³-hybridized carbons (Fsp3) is 0.143. The van der Waals surface area contributed by atoms with Crippen LogP contribution in [-0.2, 0) is 0 Å². The zero-order valence-electron chi connectivity index (χ0n) is 11.9. The van der Waals surface area contributed by atoms with Crippen molar-refractivity contribution in [3.63, 3.8) is 0 Å². The van der Waals surface area contributed by atoms with Crippen LogP contribution in [0.2, 0.25) is 0 Å². The van der Waals surface area contributed by atoms with Crippen molar-refractivity contribution in [2.75, 3.05) is 7.11 Å². The Morgan fingerprint density at radius 2 is 1.95 bits per heavy atom. The van der Waals surface area contributed by atoms with Gasteiger partial charge in [0.05, 0.1) is 12.0 Å². The van der Waals surface area contributed by atoms with Gasteiger partial charge in [-0.05, 0) is 30.2 Å². The van der Waals surface area contributed by atoms with Crippen molar-refractivity contribution in [3.05, 3.63) is 66.0 Å². The first-order valence-corrected chi connectivity index (χ1v) is 6.26. The molecule has 0 aliphatic carbocycles. The Labute approximate surface area is 124 Å². The molecule has 114 valence electrons. The number of benzene rings is 1. The molecule has 0 fully saturated rings. The molecule has 1 aromatic carbocycles. The van der Waals surface area contributed by atoms with Crippen molar-refractivity contribution in [2.24, 2.45) is 0 Å². The van der Waals surface area contributed by atoms with Crippen molar-refractivity contribution >= 4 is 17.8 Å². The molecule has 2 aromatic rings. The summed E-state index contributed by atoms with van der Waals surface area (Å²) in [6.45, 7) is 1.88. The predicted octanol–water partition coefficient (Wildman–Crippen LogP) is 1.46. The lowest BCUT2D eigenvalue weighted by Crippen LogP contribution is -2.25. The van der Waals surface area contributed by atoms with E-state index >= 15 is 0 Å². The third-order valence-electron chi connectivity index (χ3n) is 3.00. The van der Waals surface area contributed by atoms with E-state index in [-0.39, 0.29) is 5.69 Å². The Bertz CT molecular complexity index is 864. The fourth-order valence-corrected chi connectivity index (χ4v) is 1.92. The molecule has 1 heterocycles. The third-order valence-corrected chi connectivity index (χ3v) is 3.00. The van der Waals surface area contributed by atoms with E-state index < -0.39 is 21.9 Å². The molecule has 0 aliphatic rings. The first-order valence-electron chi connectivity index (χ1n) is 6.26. The van der Waals surface area contributed by atoms with E-state index in [1.54, 1.807) is 18.2 Å². The lowest BCUT2D eigenvalue weighted by molar-refractivity contribution is -0.386. The molecule has 0 saturated heterocycles. The van der Waals surface area contributed by atoms with Gasteiger partial charge in [0.25, 0.3) is 0 Å².